The Labute approximate surface area is 63.2 Å². The average Bonchev–Trinajstić information content (AvgIpc) is 2.10. The van der Waals surface area contributed by atoms with Crippen LogP contribution in [0, 0.1) is 0 Å². The smallest absolute Gasteiger partial charge is 0.416 e. The van der Waals surface area contributed by atoms with Gasteiger partial charge in [-0.05, 0) is 13.8 Å². The van der Waals surface area contributed by atoms with E-state index in [2.05, 4.69) is 9.40 Å². The van der Waals surface area contributed by atoms with Gasteiger partial charge in [-0.2, -0.15) is 0 Å². The maximum atomic E-state index is 12.9. The summed E-state index contributed by atoms with van der Waals surface area (Å²) in [5.41, 5.74) is -0.824. The lowest BCUT2D eigenvalue weighted by Crippen LogP contribution is -2.16. The van der Waals surface area contributed by atoms with Crippen molar-refractivity contribution >= 4 is 0 Å². The molecule has 0 unspecified atom stereocenters. The second kappa shape index (κ2) is 2.53. The molecule has 62 valence electrons. The van der Waals surface area contributed by atoms with Crippen LogP contribution in [0.25, 0.3) is 0 Å². The predicted octanol–water partition coefficient (Wildman–Crippen LogP) is 1.26. The summed E-state index contributed by atoms with van der Waals surface area (Å²) in [6, 6.07) is 0. The standard InChI is InChI=1S/C7H10FNO2/c1-7(2,8)3-5-4-11-6(10)9-5/h4H,3H2,1-2H3,(H,9,10). The van der Waals surface area contributed by atoms with Crippen molar-refractivity contribution in [3.8, 4) is 0 Å². The Morgan fingerprint density at radius 3 is 2.73 bits per heavy atom. The molecule has 3 nitrogen and oxygen atoms in total. The summed E-state index contributed by atoms with van der Waals surface area (Å²) in [4.78, 5) is 12.8. The quantitative estimate of drug-likeness (QED) is 0.706. The highest BCUT2D eigenvalue weighted by molar-refractivity contribution is 4.96. The van der Waals surface area contributed by atoms with Crippen LogP contribution in [0.2, 0.25) is 0 Å². The first-order valence-corrected chi connectivity index (χ1v) is 3.33. The highest BCUT2D eigenvalue weighted by atomic mass is 19.1. The second-order valence-corrected chi connectivity index (χ2v) is 3.07. The number of aromatic nitrogens is 1. The van der Waals surface area contributed by atoms with Gasteiger partial charge in [0.25, 0.3) is 0 Å². The lowest BCUT2D eigenvalue weighted by Gasteiger charge is -2.10. The number of halogens is 1. The van der Waals surface area contributed by atoms with Crippen LogP contribution in [-0.2, 0) is 6.42 Å². The first kappa shape index (κ1) is 8.04. The van der Waals surface area contributed by atoms with E-state index in [0.717, 1.165) is 0 Å². The van der Waals surface area contributed by atoms with Gasteiger partial charge in [0.1, 0.15) is 11.9 Å². The van der Waals surface area contributed by atoms with Crippen LogP contribution < -0.4 is 5.76 Å². The van der Waals surface area contributed by atoms with Gasteiger partial charge < -0.3 is 4.42 Å². The Morgan fingerprint density at radius 1 is 1.73 bits per heavy atom. The molecule has 0 bridgehead atoms. The zero-order valence-corrected chi connectivity index (χ0v) is 6.48. The Balaban J connectivity index is 2.73. The van der Waals surface area contributed by atoms with Crippen LogP contribution in [0.3, 0.4) is 0 Å². The summed E-state index contributed by atoms with van der Waals surface area (Å²) in [5.74, 6) is -0.538. The van der Waals surface area contributed by atoms with Crippen LogP contribution in [0.4, 0.5) is 4.39 Å². The lowest BCUT2D eigenvalue weighted by molar-refractivity contribution is 0.215. The molecule has 4 heteroatoms. The fourth-order valence-electron chi connectivity index (χ4n) is 0.853. The van der Waals surface area contributed by atoms with Crippen molar-refractivity contribution in [3.05, 3.63) is 22.5 Å². The molecule has 1 N–H and O–H groups in total. The second-order valence-electron chi connectivity index (χ2n) is 3.07. The highest BCUT2D eigenvalue weighted by Crippen LogP contribution is 2.13. The monoisotopic (exact) mass is 159 g/mol. The number of hydrogen-bond donors (Lipinski definition) is 1. The minimum atomic E-state index is -1.31. The van der Waals surface area contributed by atoms with E-state index in [1.54, 1.807) is 0 Å². The topological polar surface area (TPSA) is 46.0 Å². The predicted molar refractivity (Wildman–Crippen MR) is 38.2 cm³/mol. The summed E-state index contributed by atoms with van der Waals surface area (Å²) in [7, 11) is 0. The third-order valence-electron chi connectivity index (χ3n) is 1.18. The van der Waals surface area contributed by atoms with Gasteiger partial charge in [-0.1, -0.05) is 0 Å². The molecule has 0 spiro atoms. The van der Waals surface area contributed by atoms with E-state index in [1.807, 2.05) is 0 Å². The van der Waals surface area contributed by atoms with Crippen molar-refractivity contribution in [3.63, 3.8) is 0 Å². The van der Waals surface area contributed by atoms with E-state index in [1.165, 1.54) is 20.1 Å². The largest absolute Gasteiger partial charge is 0.416 e. The molecule has 1 heterocycles. The van der Waals surface area contributed by atoms with Gasteiger partial charge in [0.05, 0.1) is 5.69 Å². The minimum absolute atomic E-state index is 0.165. The third kappa shape index (κ3) is 2.57. The normalized spacial score (nSPS) is 11.9. The van der Waals surface area contributed by atoms with E-state index in [-0.39, 0.29) is 6.42 Å². The summed E-state index contributed by atoms with van der Waals surface area (Å²) in [6.45, 7) is 2.89. The molecule has 0 atom stereocenters. The van der Waals surface area contributed by atoms with Gasteiger partial charge in [-0.15, -0.1) is 0 Å². The van der Waals surface area contributed by atoms with Gasteiger partial charge in [-0.25, -0.2) is 9.18 Å². The van der Waals surface area contributed by atoms with Crippen molar-refractivity contribution in [1.29, 1.82) is 0 Å². The maximum absolute atomic E-state index is 12.9. The molecule has 0 saturated carbocycles. The molecule has 0 radical (unpaired) electrons. The molecule has 11 heavy (non-hydrogen) atoms. The molecule has 0 aliphatic rings. The van der Waals surface area contributed by atoms with Crippen LogP contribution in [0.5, 0.6) is 0 Å². The molecular formula is C7H10FNO2. The average molecular weight is 159 g/mol. The number of alkyl halides is 1. The van der Waals surface area contributed by atoms with E-state index in [9.17, 15) is 9.18 Å². The molecule has 0 aliphatic heterocycles. The van der Waals surface area contributed by atoms with Crippen LogP contribution in [-0.4, -0.2) is 10.7 Å². The van der Waals surface area contributed by atoms with Crippen molar-refractivity contribution in [2.75, 3.05) is 0 Å². The number of oxazole rings is 1. The van der Waals surface area contributed by atoms with Gasteiger partial charge in [-0.3, -0.25) is 4.98 Å². The van der Waals surface area contributed by atoms with Gasteiger partial charge in [0.2, 0.25) is 0 Å². The van der Waals surface area contributed by atoms with Crippen molar-refractivity contribution in [2.24, 2.45) is 0 Å². The zero-order valence-electron chi connectivity index (χ0n) is 6.48. The fraction of sp³-hybridized carbons (Fsp3) is 0.571. The number of rotatable bonds is 2. The molecule has 0 amide bonds. The first-order chi connectivity index (χ1) is 4.97. The van der Waals surface area contributed by atoms with Crippen LogP contribution >= 0.6 is 0 Å². The van der Waals surface area contributed by atoms with Crippen LogP contribution in [0.1, 0.15) is 19.5 Å². The Bertz CT molecular complexity index is 281. The first-order valence-electron chi connectivity index (χ1n) is 3.33. The fourth-order valence-corrected chi connectivity index (χ4v) is 0.853. The van der Waals surface area contributed by atoms with Gasteiger partial charge in [0, 0.05) is 6.42 Å². The van der Waals surface area contributed by atoms with E-state index in [4.69, 9.17) is 0 Å². The highest BCUT2D eigenvalue weighted by Gasteiger charge is 2.17. The van der Waals surface area contributed by atoms with Crippen molar-refractivity contribution < 1.29 is 8.81 Å². The molecule has 0 aromatic carbocycles. The van der Waals surface area contributed by atoms with E-state index in [0.29, 0.717) is 5.69 Å². The van der Waals surface area contributed by atoms with Gasteiger partial charge in [0.15, 0.2) is 0 Å². The lowest BCUT2D eigenvalue weighted by atomic mass is 10.1. The zero-order chi connectivity index (χ0) is 8.48. The SMILES string of the molecule is CC(C)(F)Cc1coc(=O)[nH]1. The van der Waals surface area contributed by atoms with E-state index < -0.39 is 11.4 Å². The molecule has 0 fully saturated rings. The van der Waals surface area contributed by atoms with Crippen molar-refractivity contribution in [2.45, 2.75) is 25.9 Å². The van der Waals surface area contributed by atoms with E-state index >= 15 is 0 Å². The van der Waals surface area contributed by atoms with Gasteiger partial charge >= 0.3 is 5.76 Å². The molecule has 1 aromatic heterocycles. The summed E-state index contributed by atoms with van der Waals surface area (Å²) in [6.07, 6.45) is 1.41. The molecule has 0 aliphatic carbocycles. The Hall–Kier alpha value is -1.06. The maximum Gasteiger partial charge on any atom is 0.416 e. The molecule has 0 saturated heterocycles. The van der Waals surface area contributed by atoms with Crippen LogP contribution in [0.15, 0.2) is 15.5 Å². The molecule has 1 aromatic rings. The Kier molecular flexibility index (Phi) is 1.85. The molecular weight excluding hydrogens is 149 g/mol. The number of hydrogen-bond acceptors (Lipinski definition) is 2. The van der Waals surface area contributed by atoms with Crippen molar-refractivity contribution in [1.82, 2.24) is 4.98 Å². The summed E-state index contributed by atoms with van der Waals surface area (Å²) in [5, 5.41) is 0. The number of H-pyrrole nitrogens is 1. The minimum Gasteiger partial charge on any atom is -0.416 e. The summed E-state index contributed by atoms with van der Waals surface area (Å²) >= 11 is 0. The third-order valence-corrected chi connectivity index (χ3v) is 1.18. The summed E-state index contributed by atoms with van der Waals surface area (Å²) < 4.78 is 17.4. The number of aromatic amines is 1. The number of nitrogens with one attached hydrogen (secondary N) is 1. The Morgan fingerprint density at radius 2 is 2.36 bits per heavy atom. The molecule has 1 rings (SSSR count).